The van der Waals surface area contributed by atoms with Gasteiger partial charge in [-0.15, -0.1) is 0 Å². The lowest BCUT2D eigenvalue weighted by atomic mass is 9.92. The molecule has 9 heteroatoms. The maximum atomic E-state index is 12.2. The van der Waals surface area contributed by atoms with Crippen LogP contribution in [0.25, 0.3) is 11.1 Å². The van der Waals surface area contributed by atoms with Gasteiger partial charge in [-0.3, -0.25) is 18.0 Å². The lowest BCUT2D eigenvalue weighted by Gasteiger charge is -2.37. The molecular weight excluding hydrogens is 430 g/mol. The van der Waals surface area contributed by atoms with Crippen LogP contribution in [0.2, 0.25) is 0 Å². The van der Waals surface area contributed by atoms with E-state index >= 15 is 0 Å². The Kier molecular flexibility index (Phi) is 6.57. The summed E-state index contributed by atoms with van der Waals surface area (Å²) in [6, 6.07) is 14.7. The first-order chi connectivity index (χ1) is 15.5. The number of nitrogens with zero attached hydrogens (tertiary/aromatic N) is 3. The average Bonchev–Trinajstić information content (AvgIpc) is 3.18. The number of carboxylic acids is 1. The Hall–Kier alpha value is -3.17. The molecule has 1 N–H and O–H groups in total. The molecule has 0 saturated carbocycles. The Bertz CT molecular complexity index is 1110. The molecule has 1 heterocycles. The predicted octanol–water partition coefficient (Wildman–Crippen LogP) is 3.71. The van der Waals surface area contributed by atoms with E-state index in [-0.39, 0.29) is 6.54 Å². The molecule has 168 valence electrons. The molecule has 2 aromatic carbocycles. The Morgan fingerprint density at radius 2 is 1.88 bits per heavy atom. The van der Waals surface area contributed by atoms with Crippen molar-refractivity contribution in [2.24, 2.45) is 0 Å². The van der Waals surface area contributed by atoms with E-state index in [9.17, 15) is 13.6 Å². The van der Waals surface area contributed by atoms with Gasteiger partial charge in [-0.1, -0.05) is 24.3 Å². The van der Waals surface area contributed by atoms with Gasteiger partial charge in [0.25, 0.3) is 0 Å². The Labute approximate surface area is 188 Å². The highest BCUT2D eigenvalue weighted by Gasteiger charge is 2.30. The molecule has 1 aromatic heterocycles. The average molecular weight is 455 g/mol. The van der Waals surface area contributed by atoms with Gasteiger partial charge in [-0.05, 0) is 61.6 Å². The molecule has 1 aliphatic rings. The van der Waals surface area contributed by atoms with Crippen LogP contribution in [-0.4, -0.2) is 36.2 Å². The van der Waals surface area contributed by atoms with Crippen LogP contribution in [0.5, 0.6) is 5.75 Å². The zero-order chi connectivity index (χ0) is 22.7. The molecule has 8 nitrogen and oxygen atoms in total. The van der Waals surface area contributed by atoms with Crippen molar-refractivity contribution in [1.29, 1.82) is 0 Å². The van der Waals surface area contributed by atoms with Crippen molar-refractivity contribution in [2.45, 2.75) is 38.8 Å². The minimum absolute atomic E-state index is 0.237. The maximum absolute atomic E-state index is 12.2. The number of aromatic nitrogens is 2. The second-order valence-corrected chi connectivity index (χ2v) is 8.38. The molecule has 0 aliphatic heterocycles. The molecule has 0 spiro atoms. The van der Waals surface area contributed by atoms with Crippen LogP contribution >= 0.6 is 0 Å². The highest BCUT2D eigenvalue weighted by molar-refractivity contribution is 7.80. The summed E-state index contributed by atoms with van der Waals surface area (Å²) in [5.74, 6) is -0.176. The minimum Gasteiger partial charge on any atom is -0.755 e. The van der Waals surface area contributed by atoms with Crippen LogP contribution < -0.4 is 9.04 Å². The SMILES string of the molecule is CCOc1ccc(-c2ccc(N(C3CCCc4c3cnn4CC(=O)O)S(=O)[O-])cc2)cc1. The van der Waals surface area contributed by atoms with Crippen LogP contribution in [0.15, 0.2) is 54.7 Å². The van der Waals surface area contributed by atoms with Gasteiger partial charge in [-0.25, -0.2) is 0 Å². The van der Waals surface area contributed by atoms with E-state index in [0.29, 0.717) is 25.1 Å². The highest BCUT2D eigenvalue weighted by atomic mass is 32.2. The molecule has 0 bridgehead atoms. The lowest BCUT2D eigenvalue weighted by Crippen LogP contribution is -2.33. The normalized spacial score (nSPS) is 16.2. The molecule has 0 fully saturated rings. The first-order valence-corrected chi connectivity index (χ1v) is 11.5. The number of carbonyl (C=O) groups is 1. The van der Waals surface area contributed by atoms with Crippen molar-refractivity contribution in [2.75, 3.05) is 10.9 Å². The van der Waals surface area contributed by atoms with Gasteiger partial charge in [0.15, 0.2) is 0 Å². The van der Waals surface area contributed by atoms with Gasteiger partial charge in [0, 0.05) is 28.2 Å². The fourth-order valence-corrected chi connectivity index (χ4v) is 4.90. The van der Waals surface area contributed by atoms with Crippen molar-refractivity contribution >= 4 is 22.9 Å². The molecule has 1 aliphatic carbocycles. The monoisotopic (exact) mass is 454 g/mol. The van der Waals surface area contributed by atoms with E-state index in [2.05, 4.69) is 5.10 Å². The number of benzene rings is 2. The second kappa shape index (κ2) is 9.54. The quantitative estimate of drug-likeness (QED) is 0.520. The van der Waals surface area contributed by atoms with Gasteiger partial charge < -0.3 is 14.4 Å². The Morgan fingerprint density at radius 3 is 2.47 bits per heavy atom. The topological polar surface area (TPSA) is 108 Å². The van der Waals surface area contributed by atoms with Gasteiger partial charge in [0.2, 0.25) is 0 Å². The molecule has 0 amide bonds. The molecule has 3 aromatic rings. The summed E-state index contributed by atoms with van der Waals surface area (Å²) >= 11 is -2.50. The Morgan fingerprint density at radius 1 is 1.22 bits per heavy atom. The number of rotatable bonds is 8. The van der Waals surface area contributed by atoms with Crippen molar-refractivity contribution in [3.8, 4) is 16.9 Å². The fourth-order valence-electron chi connectivity index (χ4n) is 4.18. The zero-order valence-corrected chi connectivity index (χ0v) is 18.5. The summed E-state index contributed by atoms with van der Waals surface area (Å²) < 4.78 is 32.8. The van der Waals surface area contributed by atoms with E-state index in [1.165, 1.54) is 8.99 Å². The van der Waals surface area contributed by atoms with Crippen LogP contribution in [-0.2, 0) is 29.0 Å². The Balaban J connectivity index is 1.61. The molecule has 0 saturated heterocycles. The van der Waals surface area contributed by atoms with Crippen LogP contribution in [0.1, 0.15) is 37.1 Å². The van der Waals surface area contributed by atoms with E-state index < -0.39 is 23.3 Å². The molecule has 2 unspecified atom stereocenters. The molecule has 2 atom stereocenters. The molecule has 4 rings (SSSR count). The predicted molar refractivity (Wildman–Crippen MR) is 120 cm³/mol. The van der Waals surface area contributed by atoms with Gasteiger partial charge in [0.05, 0.1) is 18.8 Å². The summed E-state index contributed by atoms with van der Waals surface area (Å²) in [5.41, 5.74) is 4.07. The second-order valence-electron chi connectivity index (χ2n) is 7.55. The molecular formula is C23H24N3O5S-. The van der Waals surface area contributed by atoms with E-state index in [0.717, 1.165) is 34.6 Å². The zero-order valence-electron chi connectivity index (χ0n) is 17.6. The van der Waals surface area contributed by atoms with Crippen molar-refractivity contribution in [1.82, 2.24) is 9.78 Å². The number of aliphatic carboxylic acids is 1. The standard InChI is InChI=1S/C23H25N3O5S/c1-2-31-19-12-8-17(9-13-19)16-6-10-18(11-7-16)26(32(29)30)22-5-3-4-21-20(22)14-24-25(21)15-23(27)28/h6-14,22H,2-5,15H2,1H3,(H,27,28)(H,29,30)/p-1. The third-order valence-electron chi connectivity index (χ3n) is 5.58. The maximum Gasteiger partial charge on any atom is 0.325 e. The number of hydrogen-bond acceptors (Lipinski definition) is 5. The third-order valence-corrected chi connectivity index (χ3v) is 6.37. The van der Waals surface area contributed by atoms with Gasteiger partial charge in [-0.2, -0.15) is 5.10 Å². The number of ether oxygens (including phenoxy) is 1. The number of hydrogen-bond donors (Lipinski definition) is 1. The highest BCUT2D eigenvalue weighted by Crippen LogP contribution is 2.38. The van der Waals surface area contributed by atoms with Crippen LogP contribution in [0.4, 0.5) is 5.69 Å². The number of anilines is 1. The van der Waals surface area contributed by atoms with Crippen molar-refractivity contribution in [3.63, 3.8) is 0 Å². The summed E-state index contributed by atoms with van der Waals surface area (Å²) in [5, 5.41) is 13.3. The summed E-state index contributed by atoms with van der Waals surface area (Å²) in [6.07, 6.45) is 3.66. The molecule has 32 heavy (non-hydrogen) atoms. The smallest absolute Gasteiger partial charge is 0.325 e. The first kappa shape index (κ1) is 22.0. The van der Waals surface area contributed by atoms with Gasteiger partial charge in [0.1, 0.15) is 12.3 Å². The minimum atomic E-state index is -2.50. The summed E-state index contributed by atoms with van der Waals surface area (Å²) in [7, 11) is 0. The number of fused-ring (bicyclic) bond motifs is 1. The largest absolute Gasteiger partial charge is 0.755 e. The van der Waals surface area contributed by atoms with E-state index in [1.807, 2.05) is 43.3 Å². The van der Waals surface area contributed by atoms with Gasteiger partial charge >= 0.3 is 5.97 Å². The van der Waals surface area contributed by atoms with Crippen molar-refractivity contribution in [3.05, 3.63) is 66.0 Å². The van der Waals surface area contributed by atoms with Crippen molar-refractivity contribution < 1.29 is 23.4 Å². The molecule has 0 radical (unpaired) electrons. The summed E-state index contributed by atoms with van der Waals surface area (Å²) in [4.78, 5) is 11.1. The third kappa shape index (κ3) is 4.53. The van der Waals surface area contributed by atoms with Crippen LogP contribution in [0, 0.1) is 0 Å². The van der Waals surface area contributed by atoms with E-state index in [1.54, 1.807) is 18.3 Å². The number of carboxylic acid groups (broad SMARTS) is 1. The lowest BCUT2D eigenvalue weighted by molar-refractivity contribution is -0.137. The first-order valence-electron chi connectivity index (χ1n) is 10.5. The summed E-state index contributed by atoms with van der Waals surface area (Å²) in [6.45, 7) is 2.30. The van der Waals surface area contributed by atoms with E-state index in [4.69, 9.17) is 9.84 Å². The van der Waals surface area contributed by atoms with Crippen LogP contribution in [0.3, 0.4) is 0 Å². The fraction of sp³-hybridized carbons (Fsp3) is 0.304.